The fourth-order valence-corrected chi connectivity index (χ4v) is 6.75. The zero-order chi connectivity index (χ0) is 24.7. The number of piperazine rings is 1. The zero-order valence-electron chi connectivity index (χ0n) is 19.9. The first-order chi connectivity index (χ1) is 16.8. The van der Waals surface area contributed by atoms with Crippen LogP contribution in [0.2, 0.25) is 5.02 Å². The van der Waals surface area contributed by atoms with Gasteiger partial charge in [-0.2, -0.15) is 0 Å². The van der Waals surface area contributed by atoms with E-state index in [-0.39, 0.29) is 6.42 Å². The molecule has 1 aliphatic rings. The number of carbonyl (C=O) groups is 1. The molecule has 35 heavy (non-hydrogen) atoms. The maximum atomic E-state index is 11.7. The molecule has 0 aliphatic carbocycles. The molecule has 0 unspecified atom stereocenters. The first-order valence-corrected chi connectivity index (χ1v) is 13.7. The Morgan fingerprint density at radius 2 is 1.86 bits per heavy atom. The third-order valence-corrected chi connectivity index (χ3v) is 8.76. The van der Waals surface area contributed by atoms with E-state index in [0.717, 1.165) is 74.5 Å². The van der Waals surface area contributed by atoms with E-state index in [1.165, 1.54) is 0 Å². The molecule has 5 rings (SSSR count). The Morgan fingerprint density at radius 1 is 1.14 bits per heavy atom. The van der Waals surface area contributed by atoms with E-state index in [9.17, 15) is 9.90 Å². The highest BCUT2D eigenvalue weighted by atomic mass is 35.5. The van der Waals surface area contributed by atoms with Gasteiger partial charge in [-0.1, -0.05) is 23.7 Å². The second kappa shape index (κ2) is 9.85. The summed E-state index contributed by atoms with van der Waals surface area (Å²) in [6.45, 7) is 10.5. The van der Waals surface area contributed by atoms with E-state index in [2.05, 4.69) is 29.0 Å². The van der Waals surface area contributed by atoms with Crippen LogP contribution in [0, 0.1) is 6.92 Å². The van der Waals surface area contributed by atoms with E-state index in [1.54, 1.807) is 22.7 Å². The van der Waals surface area contributed by atoms with E-state index in [1.807, 2.05) is 37.3 Å². The van der Waals surface area contributed by atoms with E-state index in [0.29, 0.717) is 11.1 Å². The van der Waals surface area contributed by atoms with Crippen molar-refractivity contribution in [2.45, 2.75) is 33.2 Å². The molecular formula is C26H27ClN4O2S2. The van der Waals surface area contributed by atoms with Gasteiger partial charge in [-0.05, 0) is 55.7 Å². The van der Waals surface area contributed by atoms with Crippen LogP contribution in [0.25, 0.3) is 32.0 Å². The lowest BCUT2D eigenvalue weighted by Gasteiger charge is -2.36. The van der Waals surface area contributed by atoms with Crippen LogP contribution in [0.1, 0.15) is 25.0 Å². The van der Waals surface area contributed by atoms with Gasteiger partial charge >= 0.3 is 5.97 Å². The molecule has 2 aromatic carbocycles. The lowest BCUT2D eigenvalue weighted by molar-refractivity contribution is -0.136. The third-order valence-electron chi connectivity index (χ3n) is 6.50. The summed E-state index contributed by atoms with van der Waals surface area (Å²) >= 11 is 9.36. The number of aromatic nitrogens is 2. The predicted molar refractivity (Wildman–Crippen MR) is 146 cm³/mol. The number of hydrogen-bond acceptors (Lipinski definition) is 7. The topological polar surface area (TPSA) is 69.6 Å². The quantitative estimate of drug-likeness (QED) is 0.322. The smallest absolute Gasteiger partial charge is 0.307 e. The number of fused-ring (bicyclic) bond motifs is 1. The summed E-state index contributed by atoms with van der Waals surface area (Å²) in [6.07, 6.45) is -0.0455. The van der Waals surface area contributed by atoms with Crippen molar-refractivity contribution in [1.82, 2.24) is 14.9 Å². The molecule has 0 saturated carbocycles. The van der Waals surface area contributed by atoms with Gasteiger partial charge < -0.3 is 10.0 Å². The van der Waals surface area contributed by atoms with Crippen LogP contribution in [-0.2, 0) is 11.2 Å². The lowest BCUT2D eigenvalue weighted by atomic mass is 9.93. The van der Waals surface area contributed by atoms with Crippen molar-refractivity contribution < 1.29 is 9.90 Å². The number of halogens is 1. The minimum absolute atomic E-state index is 0.0455. The van der Waals surface area contributed by atoms with Gasteiger partial charge in [-0.25, -0.2) is 9.97 Å². The van der Waals surface area contributed by atoms with Crippen molar-refractivity contribution >= 4 is 55.6 Å². The van der Waals surface area contributed by atoms with Crippen LogP contribution >= 0.6 is 34.3 Å². The summed E-state index contributed by atoms with van der Waals surface area (Å²) in [5, 5.41) is 14.2. The average molecular weight is 527 g/mol. The standard InChI is InChI=1S/C26H27ClN4O2S2/c1-15(2)30-8-10-31(11-9-30)26-29-21(14-34-26)25-28-20-12-16(3)19(13-22(32)33)23(24(20)35-25)17-4-6-18(27)7-5-17/h4-7,12,14-15H,8-11,13H2,1-3H3,(H,32,33). The number of aryl methyl sites for hydroxylation is 1. The maximum Gasteiger partial charge on any atom is 0.307 e. The third kappa shape index (κ3) is 4.93. The lowest BCUT2D eigenvalue weighted by Crippen LogP contribution is -2.48. The summed E-state index contributed by atoms with van der Waals surface area (Å²) < 4.78 is 0.976. The molecule has 3 heterocycles. The van der Waals surface area contributed by atoms with E-state index < -0.39 is 5.97 Å². The van der Waals surface area contributed by atoms with Gasteiger partial charge in [0.05, 0.1) is 16.6 Å². The summed E-state index contributed by atoms with van der Waals surface area (Å²) in [6, 6.07) is 10.1. The van der Waals surface area contributed by atoms with Gasteiger partial charge in [-0.3, -0.25) is 9.69 Å². The molecule has 1 fully saturated rings. The highest BCUT2D eigenvalue weighted by Crippen LogP contribution is 2.41. The van der Waals surface area contributed by atoms with Crippen LogP contribution in [-0.4, -0.2) is 58.2 Å². The Hall–Kier alpha value is -2.52. The molecule has 182 valence electrons. The second-order valence-corrected chi connectivity index (χ2v) is 11.4. The normalized spacial score (nSPS) is 14.8. The van der Waals surface area contributed by atoms with Gasteiger partial charge in [0, 0.05) is 48.2 Å². The number of carboxylic acids is 1. The highest BCUT2D eigenvalue weighted by molar-refractivity contribution is 7.22. The SMILES string of the molecule is Cc1cc2nc(-c3csc(N4CCN(C(C)C)CC4)n3)sc2c(-c2ccc(Cl)cc2)c1CC(=O)O. The van der Waals surface area contributed by atoms with Gasteiger partial charge in [0.15, 0.2) is 5.13 Å². The molecule has 0 atom stereocenters. The molecule has 1 aliphatic heterocycles. The predicted octanol–water partition coefficient (Wildman–Crippen LogP) is 6.21. The Balaban J connectivity index is 1.53. The van der Waals surface area contributed by atoms with Gasteiger partial charge in [0.1, 0.15) is 10.7 Å². The van der Waals surface area contributed by atoms with E-state index >= 15 is 0 Å². The minimum atomic E-state index is -0.853. The van der Waals surface area contributed by atoms with Gasteiger partial charge in [-0.15, -0.1) is 22.7 Å². The number of nitrogens with zero attached hydrogens (tertiary/aromatic N) is 4. The largest absolute Gasteiger partial charge is 0.481 e. The van der Waals surface area contributed by atoms with Crippen LogP contribution in [0.4, 0.5) is 5.13 Å². The molecule has 0 spiro atoms. The average Bonchev–Trinajstić information content (AvgIpc) is 3.47. The molecule has 6 nitrogen and oxygen atoms in total. The van der Waals surface area contributed by atoms with Crippen molar-refractivity contribution in [3.63, 3.8) is 0 Å². The highest BCUT2D eigenvalue weighted by Gasteiger charge is 2.23. The Bertz CT molecular complexity index is 1370. The molecular weight excluding hydrogens is 500 g/mol. The summed E-state index contributed by atoms with van der Waals surface area (Å²) in [5.41, 5.74) is 5.33. The monoisotopic (exact) mass is 526 g/mol. The van der Waals surface area contributed by atoms with Crippen LogP contribution < -0.4 is 4.90 Å². The van der Waals surface area contributed by atoms with Crippen molar-refractivity contribution in [1.29, 1.82) is 0 Å². The number of benzene rings is 2. The summed E-state index contributed by atoms with van der Waals surface area (Å²) in [4.78, 5) is 26.4. The molecule has 0 radical (unpaired) electrons. The Morgan fingerprint density at radius 3 is 2.51 bits per heavy atom. The minimum Gasteiger partial charge on any atom is -0.481 e. The fourth-order valence-electron chi connectivity index (χ4n) is 4.58. The summed E-state index contributed by atoms with van der Waals surface area (Å²) in [5.74, 6) is -0.853. The molecule has 4 aromatic rings. The van der Waals surface area contributed by atoms with Crippen molar-refractivity contribution in [3.8, 4) is 21.8 Å². The van der Waals surface area contributed by atoms with Gasteiger partial charge in [0.25, 0.3) is 0 Å². The Labute approximate surface area is 217 Å². The number of carboxylic acid groups (broad SMARTS) is 1. The molecule has 9 heteroatoms. The number of rotatable bonds is 6. The van der Waals surface area contributed by atoms with Crippen LogP contribution in [0.3, 0.4) is 0 Å². The summed E-state index contributed by atoms with van der Waals surface area (Å²) in [7, 11) is 0. The van der Waals surface area contributed by atoms with Crippen molar-refractivity contribution in [3.05, 3.63) is 51.9 Å². The number of hydrogen-bond donors (Lipinski definition) is 1. The molecule has 2 aromatic heterocycles. The van der Waals surface area contributed by atoms with Gasteiger partial charge in [0.2, 0.25) is 0 Å². The Kier molecular flexibility index (Phi) is 6.81. The van der Waals surface area contributed by atoms with Crippen LogP contribution in [0.15, 0.2) is 35.7 Å². The van der Waals surface area contributed by atoms with E-state index in [4.69, 9.17) is 21.6 Å². The molecule has 1 N–H and O–H groups in total. The first-order valence-electron chi connectivity index (χ1n) is 11.7. The fraction of sp³-hybridized carbons (Fsp3) is 0.346. The number of aliphatic carboxylic acids is 1. The molecule has 1 saturated heterocycles. The number of anilines is 1. The number of thiazole rings is 2. The van der Waals surface area contributed by atoms with Crippen molar-refractivity contribution in [2.24, 2.45) is 0 Å². The van der Waals surface area contributed by atoms with Crippen LogP contribution in [0.5, 0.6) is 0 Å². The zero-order valence-corrected chi connectivity index (χ0v) is 22.3. The first kappa shape index (κ1) is 24.2. The molecule has 0 amide bonds. The molecule has 0 bridgehead atoms. The maximum absolute atomic E-state index is 11.7. The van der Waals surface area contributed by atoms with Crippen molar-refractivity contribution in [2.75, 3.05) is 31.1 Å². The second-order valence-electron chi connectivity index (χ2n) is 9.12.